The van der Waals surface area contributed by atoms with Crippen LogP contribution in [0.1, 0.15) is 47.4 Å². The van der Waals surface area contributed by atoms with Gasteiger partial charge in [-0.1, -0.05) is 24.3 Å². The van der Waals surface area contributed by atoms with Crippen molar-refractivity contribution >= 4 is 22.7 Å². The van der Waals surface area contributed by atoms with Crippen molar-refractivity contribution in [2.75, 3.05) is 47.5 Å². The number of carbonyl (C=O) groups is 2. The number of ketones is 1. The van der Waals surface area contributed by atoms with Crippen LogP contribution in [0.25, 0.3) is 11.0 Å². The van der Waals surface area contributed by atoms with Crippen LogP contribution >= 0.6 is 0 Å². The zero-order valence-electron chi connectivity index (χ0n) is 26.7. The molecule has 2 fully saturated rings. The molecule has 0 radical (unpaired) electrons. The number of hydrogen-bond donors (Lipinski definition) is 1. The quantitative estimate of drug-likeness (QED) is 0.202. The number of carbonyl (C=O) groups excluding carboxylic acids is 2. The highest BCUT2D eigenvalue weighted by Crippen LogP contribution is 2.42. The first-order valence-corrected chi connectivity index (χ1v) is 15.9. The number of para-hydroxylation sites is 2. The Balaban J connectivity index is 1.14. The lowest BCUT2D eigenvalue weighted by molar-refractivity contribution is -0.137. The Morgan fingerprint density at radius 1 is 0.957 bits per heavy atom. The number of halogens is 1. The monoisotopic (exact) mass is 628 g/mol. The number of benzene rings is 3. The summed E-state index contributed by atoms with van der Waals surface area (Å²) in [6.45, 7) is 3.34. The molecular weight excluding hydrogens is 587 g/mol. The van der Waals surface area contributed by atoms with E-state index in [0.29, 0.717) is 55.4 Å². The first kappa shape index (κ1) is 31.5. The minimum Gasteiger partial charge on any atom is -0.493 e. The lowest BCUT2D eigenvalue weighted by Crippen LogP contribution is -2.42. The number of nitrogens with one attached hydrogen (secondary N) is 1. The molecule has 1 N–H and O–H groups in total. The fourth-order valence-electron chi connectivity index (χ4n) is 7.02. The average Bonchev–Trinajstić information content (AvgIpc) is 3.65. The van der Waals surface area contributed by atoms with Crippen molar-refractivity contribution in [3.05, 3.63) is 83.4 Å². The highest BCUT2D eigenvalue weighted by atomic mass is 19.1. The molecule has 0 aliphatic carbocycles. The van der Waals surface area contributed by atoms with Gasteiger partial charge in [-0.15, -0.1) is 0 Å². The topological polar surface area (TPSA) is 97.0 Å². The predicted octanol–water partition coefficient (Wildman–Crippen LogP) is 5.67. The number of amides is 1. The third kappa shape index (κ3) is 6.44. The summed E-state index contributed by atoms with van der Waals surface area (Å²) in [5, 5.41) is 0. The van der Waals surface area contributed by atoms with Gasteiger partial charge in [-0.05, 0) is 99.3 Å². The van der Waals surface area contributed by atoms with Gasteiger partial charge in [0, 0.05) is 19.0 Å². The molecule has 4 aromatic rings. The summed E-state index contributed by atoms with van der Waals surface area (Å²) in [7, 11) is 4.72. The summed E-state index contributed by atoms with van der Waals surface area (Å²) >= 11 is 0. The third-order valence-corrected chi connectivity index (χ3v) is 9.64. The second-order valence-corrected chi connectivity index (χ2v) is 12.4. The number of aromatic nitrogens is 2. The van der Waals surface area contributed by atoms with E-state index in [1.165, 1.54) is 12.1 Å². The van der Waals surface area contributed by atoms with Crippen molar-refractivity contribution in [3.63, 3.8) is 0 Å². The molecule has 1 aromatic heterocycles. The molecule has 46 heavy (non-hydrogen) atoms. The number of aromatic amines is 1. The van der Waals surface area contributed by atoms with Crippen LogP contribution in [0.4, 0.5) is 4.39 Å². The van der Waals surface area contributed by atoms with Crippen molar-refractivity contribution in [2.24, 2.45) is 11.3 Å². The van der Waals surface area contributed by atoms with E-state index in [-0.39, 0.29) is 23.4 Å². The summed E-state index contributed by atoms with van der Waals surface area (Å²) < 4.78 is 30.3. The highest BCUT2D eigenvalue weighted by Gasteiger charge is 2.46. The van der Waals surface area contributed by atoms with Gasteiger partial charge in [0.1, 0.15) is 5.82 Å². The normalized spacial score (nSPS) is 19.1. The SMILES string of the molecule is COc1cc(CN2CCC(CCN3CCC(C(=O)c4nc5ccccc5[nH]4)CC3)(Cc3ccc(F)cc3)C2=O)cc(OC)c1OC. The van der Waals surface area contributed by atoms with Crippen molar-refractivity contribution < 1.29 is 28.2 Å². The lowest BCUT2D eigenvalue weighted by Gasteiger charge is -2.35. The molecule has 2 aliphatic heterocycles. The molecule has 242 valence electrons. The van der Waals surface area contributed by atoms with Crippen LogP contribution in [0.15, 0.2) is 60.7 Å². The van der Waals surface area contributed by atoms with Crippen LogP contribution in [0.2, 0.25) is 0 Å². The zero-order chi connectivity index (χ0) is 32.3. The number of rotatable bonds is 12. The van der Waals surface area contributed by atoms with Gasteiger partial charge in [-0.25, -0.2) is 9.37 Å². The van der Waals surface area contributed by atoms with E-state index >= 15 is 0 Å². The Bertz CT molecular complexity index is 1640. The molecule has 3 aromatic carbocycles. The first-order chi connectivity index (χ1) is 22.3. The number of ether oxygens (including phenoxy) is 3. The number of methoxy groups -OCH3 is 3. The Morgan fingerprint density at radius 3 is 2.30 bits per heavy atom. The van der Waals surface area contributed by atoms with Crippen LogP contribution in [0, 0.1) is 17.2 Å². The molecule has 2 aliphatic rings. The van der Waals surface area contributed by atoms with Crippen LogP contribution in [-0.2, 0) is 17.8 Å². The van der Waals surface area contributed by atoms with Gasteiger partial charge in [0.2, 0.25) is 17.4 Å². The van der Waals surface area contributed by atoms with E-state index in [1.807, 2.05) is 41.3 Å². The minimum atomic E-state index is -0.612. The number of H-pyrrole nitrogens is 1. The minimum absolute atomic E-state index is 0.0667. The van der Waals surface area contributed by atoms with Crippen molar-refractivity contribution in [3.8, 4) is 17.2 Å². The zero-order valence-corrected chi connectivity index (χ0v) is 26.7. The van der Waals surface area contributed by atoms with E-state index in [1.54, 1.807) is 33.5 Å². The molecule has 2 saturated heterocycles. The smallest absolute Gasteiger partial charge is 0.229 e. The summed E-state index contributed by atoms with van der Waals surface area (Å²) in [5.74, 6) is 1.83. The van der Waals surface area contributed by atoms with Gasteiger partial charge in [-0.2, -0.15) is 0 Å². The average molecular weight is 629 g/mol. The fourth-order valence-corrected chi connectivity index (χ4v) is 7.02. The van der Waals surface area contributed by atoms with Gasteiger partial charge in [-0.3, -0.25) is 9.59 Å². The van der Waals surface area contributed by atoms with E-state index < -0.39 is 5.41 Å². The van der Waals surface area contributed by atoms with Gasteiger partial charge >= 0.3 is 0 Å². The number of nitrogens with zero attached hydrogens (tertiary/aromatic N) is 3. The van der Waals surface area contributed by atoms with Gasteiger partial charge in [0.15, 0.2) is 17.3 Å². The summed E-state index contributed by atoms with van der Waals surface area (Å²) in [5.41, 5.74) is 2.89. The van der Waals surface area contributed by atoms with Crippen LogP contribution in [0.3, 0.4) is 0 Å². The second-order valence-electron chi connectivity index (χ2n) is 12.4. The van der Waals surface area contributed by atoms with Gasteiger partial charge in [0.25, 0.3) is 0 Å². The molecule has 10 heteroatoms. The molecule has 0 bridgehead atoms. The Morgan fingerprint density at radius 2 is 1.65 bits per heavy atom. The first-order valence-electron chi connectivity index (χ1n) is 15.9. The Hall–Kier alpha value is -4.44. The number of Topliss-reactive ketones (excluding diaryl/α,β-unsaturated/α-hetero) is 1. The summed E-state index contributed by atoms with van der Waals surface area (Å²) in [6, 6.07) is 17.9. The predicted molar refractivity (Wildman–Crippen MR) is 173 cm³/mol. The maximum absolute atomic E-state index is 14.3. The molecule has 3 heterocycles. The lowest BCUT2D eigenvalue weighted by atomic mass is 9.77. The van der Waals surface area contributed by atoms with Crippen molar-refractivity contribution in [1.82, 2.24) is 19.8 Å². The molecule has 0 saturated carbocycles. The second kappa shape index (κ2) is 13.5. The maximum atomic E-state index is 14.3. The van der Waals surface area contributed by atoms with Crippen LogP contribution in [-0.4, -0.2) is 79.0 Å². The number of likely N-dealkylation sites (tertiary alicyclic amines) is 2. The molecule has 1 atom stereocenters. The molecule has 9 nitrogen and oxygen atoms in total. The Kier molecular flexibility index (Phi) is 9.26. The van der Waals surface area contributed by atoms with E-state index in [0.717, 1.165) is 54.6 Å². The van der Waals surface area contributed by atoms with E-state index in [2.05, 4.69) is 14.9 Å². The van der Waals surface area contributed by atoms with Gasteiger partial charge < -0.3 is 29.0 Å². The summed E-state index contributed by atoms with van der Waals surface area (Å²) in [6.07, 6.45) is 3.43. The fraction of sp³-hybridized carbons (Fsp3) is 0.417. The molecule has 1 amide bonds. The standard InChI is InChI=1S/C36H41FN4O5/c1-44-30-20-25(21-31(45-2)33(30)46-3)23-41-19-15-36(35(41)43,22-24-8-10-27(37)11-9-24)14-18-40-16-12-26(13-17-40)32(42)34-38-28-6-4-5-7-29(28)39-34/h4-11,20-21,26H,12-19,22-23H2,1-3H3,(H,38,39). The summed E-state index contributed by atoms with van der Waals surface area (Å²) in [4.78, 5) is 39.5. The third-order valence-electron chi connectivity index (χ3n) is 9.64. The Labute approximate surface area is 268 Å². The van der Waals surface area contributed by atoms with Crippen molar-refractivity contribution in [2.45, 2.75) is 38.6 Å². The number of hydrogen-bond acceptors (Lipinski definition) is 7. The number of imidazole rings is 1. The number of piperidine rings is 1. The molecule has 6 rings (SSSR count). The van der Waals surface area contributed by atoms with Crippen LogP contribution < -0.4 is 14.2 Å². The molecule has 1 unspecified atom stereocenters. The van der Waals surface area contributed by atoms with E-state index in [9.17, 15) is 14.0 Å². The highest BCUT2D eigenvalue weighted by molar-refractivity contribution is 5.97. The van der Waals surface area contributed by atoms with E-state index in [4.69, 9.17) is 14.2 Å². The molecular formula is C36H41FN4O5. The largest absolute Gasteiger partial charge is 0.493 e. The molecule has 0 spiro atoms. The number of fused-ring (bicyclic) bond motifs is 1. The van der Waals surface area contributed by atoms with Crippen LogP contribution in [0.5, 0.6) is 17.2 Å². The maximum Gasteiger partial charge on any atom is 0.229 e. The van der Waals surface area contributed by atoms with Gasteiger partial charge in [0.05, 0.1) is 37.8 Å². The van der Waals surface area contributed by atoms with Crippen molar-refractivity contribution in [1.29, 1.82) is 0 Å².